The molecule has 0 amide bonds. The Hall–Kier alpha value is -1.70. The van der Waals surface area contributed by atoms with Crippen molar-refractivity contribution in [3.8, 4) is 0 Å². The van der Waals surface area contributed by atoms with Crippen LogP contribution in [0.4, 0.5) is 0 Å². The highest BCUT2D eigenvalue weighted by Gasteiger charge is 2.22. The third kappa shape index (κ3) is 2.15. The fourth-order valence-corrected chi connectivity index (χ4v) is 2.83. The summed E-state index contributed by atoms with van der Waals surface area (Å²) in [4.78, 5) is 16.7. The molecule has 2 nitrogen and oxygen atoms in total. The van der Waals surface area contributed by atoms with Gasteiger partial charge in [-0.05, 0) is 37.1 Å². The van der Waals surface area contributed by atoms with E-state index in [1.165, 1.54) is 19.3 Å². The molecule has 1 aromatic carbocycles. The van der Waals surface area contributed by atoms with Crippen LogP contribution in [0.3, 0.4) is 0 Å². The fourth-order valence-electron chi connectivity index (χ4n) is 2.83. The van der Waals surface area contributed by atoms with Crippen LogP contribution >= 0.6 is 0 Å². The Kier molecular flexibility index (Phi) is 3.09. The van der Waals surface area contributed by atoms with Crippen LogP contribution in [0.2, 0.25) is 0 Å². The number of rotatable bonds is 2. The molecule has 0 bridgehead atoms. The third-order valence-electron chi connectivity index (χ3n) is 3.86. The Balaban J connectivity index is 1.91. The zero-order chi connectivity index (χ0) is 12.4. The van der Waals surface area contributed by atoms with Crippen LogP contribution in [0.1, 0.15) is 42.5 Å². The van der Waals surface area contributed by atoms with E-state index < -0.39 is 0 Å². The van der Waals surface area contributed by atoms with Gasteiger partial charge < -0.3 is 0 Å². The molecule has 3 rings (SSSR count). The molecule has 92 valence electrons. The summed E-state index contributed by atoms with van der Waals surface area (Å²) < 4.78 is 0. The molecule has 0 aliphatic heterocycles. The Morgan fingerprint density at radius 1 is 1.11 bits per heavy atom. The number of carbonyl (C=O) groups is 1. The number of ketones is 1. The minimum absolute atomic E-state index is 0.243. The molecule has 1 fully saturated rings. The average Bonchev–Trinajstić information content (AvgIpc) is 2.47. The first-order valence-corrected chi connectivity index (χ1v) is 6.73. The Morgan fingerprint density at radius 3 is 2.78 bits per heavy atom. The highest BCUT2D eigenvalue weighted by molar-refractivity contribution is 6.00. The number of hydrogen-bond acceptors (Lipinski definition) is 2. The van der Waals surface area contributed by atoms with Crippen molar-refractivity contribution in [1.82, 2.24) is 4.98 Å². The van der Waals surface area contributed by atoms with E-state index in [-0.39, 0.29) is 5.92 Å². The summed E-state index contributed by atoms with van der Waals surface area (Å²) in [6, 6.07) is 9.79. The van der Waals surface area contributed by atoms with Gasteiger partial charge in [0.15, 0.2) is 5.78 Å². The molecular weight excluding hydrogens is 222 g/mol. The molecule has 1 aliphatic rings. The normalized spacial score (nSPS) is 16.9. The van der Waals surface area contributed by atoms with Gasteiger partial charge in [-0.25, -0.2) is 0 Å². The van der Waals surface area contributed by atoms with Crippen molar-refractivity contribution in [2.24, 2.45) is 5.92 Å². The number of fused-ring (bicyclic) bond motifs is 1. The summed E-state index contributed by atoms with van der Waals surface area (Å²) in [5.74, 6) is 0.563. The number of nitrogens with zero attached hydrogens (tertiary/aromatic N) is 1. The Labute approximate surface area is 107 Å². The fraction of sp³-hybridized carbons (Fsp3) is 0.375. The molecule has 1 heterocycles. The summed E-state index contributed by atoms with van der Waals surface area (Å²) in [5, 5.41) is 1.05. The summed E-state index contributed by atoms with van der Waals surface area (Å²) in [5.41, 5.74) is 1.81. The number of pyridine rings is 1. The molecule has 0 spiro atoms. The van der Waals surface area contributed by atoms with Gasteiger partial charge in [0.25, 0.3) is 0 Å². The van der Waals surface area contributed by atoms with E-state index in [1.54, 1.807) is 6.20 Å². The van der Waals surface area contributed by atoms with E-state index in [0.717, 1.165) is 29.3 Å². The summed E-state index contributed by atoms with van der Waals surface area (Å²) >= 11 is 0. The van der Waals surface area contributed by atoms with E-state index in [9.17, 15) is 4.79 Å². The zero-order valence-electron chi connectivity index (χ0n) is 10.4. The molecule has 1 saturated carbocycles. The van der Waals surface area contributed by atoms with Crippen LogP contribution in [0.25, 0.3) is 10.9 Å². The Bertz CT molecular complexity index is 570. The van der Waals surface area contributed by atoms with Gasteiger partial charge in [-0.2, -0.15) is 0 Å². The molecular formula is C16H17NO. The van der Waals surface area contributed by atoms with E-state index in [1.807, 2.05) is 30.3 Å². The molecule has 0 radical (unpaired) electrons. The number of benzene rings is 1. The Morgan fingerprint density at radius 2 is 1.94 bits per heavy atom. The van der Waals surface area contributed by atoms with Crippen molar-refractivity contribution in [3.05, 3.63) is 42.1 Å². The maximum absolute atomic E-state index is 12.4. The van der Waals surface area contributed by atoms with Gasteiger partial charge in [0.05, 0.1) is 5.52 Å². The molecule has 0 atom stereocenters. The average molecular weight is 239 g/mol. The van der Waals surface area contributed by atoms with Crippen LogP contribution in [0.15, 0.2) is 36.5 Å². The van der Waals surface area contributed by atoms with Gasteiger partial charge in [0.2, 0.25) is 0 Å². The lowest BCUT2D eigenvalue weighted by Gasteiger charge is -2.20. The van der Waals surface area contributed by atoms with Gasteiger partial charge in [-0.1, -0.05) is 25.3 Å². The zero-order valence-corrected chi connectivity index (χ0v) is 10.4. The SMILES string of the molecule is O=C(c1ccc2ncccc2c1)C1CCCCC1. The van der Waals surface area contributed by atoms with Gasteiger partial charge in [0.1, 0.15) is 0 Å². The molecule has 0 saturated heterocycles. The number of Topliss-reactive ketones (excluding diaryl/α,β-unsaturated/α-hetero) is 1. The highest BCUT2D eigenvalue weighted by Crippen LogP contribution is 2.27. The molecule has 0 N–H and O–H groups in total. The van der Waals surface area contributed by atoms with E-state index in [2.05, 4.69) is 4.98 Å². The molecule has 1 aromatic heterocycles. The monoisotopic (exact) mass is 239 g/mol. The molecule has 2 heteroatoms. The van der Waals surface area contributed by atoms with E-state index in [4.69, 9.17) is 0 Å². The maximum atomic E-state index is 12.4. The summed E-state index contributed by atoms with van der Waals surface area (Å²) in [6.45, 7) is 0. The predicted molar refractivity (Wildman–Crippen MR) is 72.6 cm³/mol. The van der Waals surface area contributed by atoms with Crippen molar-refractivity contribution in [2.45, 2.75) is 32.1 Å². The van der Waals surface area contributed by atoms with Crippen LogP contribution < -0.4 is 0 Å². The van der Waals surface area contributed by atoms with Gasteiger partial charge in [-0.3, -0.25) is 9.78 Å². The van der Waals surface area contributed by atoms with Crippen molar-refractivity contribution >= 4 is 16.7 Å². The second-order valence-corrected chi connectivity index (χ2v) is 5.11. The molecule has 1 aliphatic carbocycles. The molecule has 18 heavy (non-hydrogen) atoms. The van der Waals surface area contributed by atoms with Crippen molar-refractivity contribution < 1.29 is 4.79 Å². The van der Waals surface area contributed by atoms with E-state index in [0.29, 0.717) is 5.78 Å². The van der Waals surface area contributed by atoms with Crippen LogP contribution in [-0.4, -0.2) is 10.8 Å². The third-order valence-corrected chi connectivity index (χ3v) is 3.86. The standard InChI is InChI=1S/C16H17NO/c18-16(12-5-2-1-3-6-12)14-8-9-15-13(11-14)7-4-10-17-15/h4,7-12H,1-3,5-6H2. The van der Waals surface area contributed by atoms with Crippen LogP contribution in [-0.2, 0) is 0 Å². The van der Waals surface area contributed by atoms with Gasteiger partial charge >= 0.3 is 0 Å². The second-order valence-electron chi connectivity index (χ2n) is 5.11. The second kappa shape index (κ2) is 4.89. The number of hydrogen-bond donors (Lipinski definition) is 0. The molecule has 2 aromatic rings. The number of carbonyl (C=O) groups excluding carboxylic acids is 1. The van der Waals surface area contributed by atoms with Crippen molar-refractivity contribution in [2.75, 3.05) is 0 Å². The quantitative estimate of drug-likeness (QED) is 0.741. The number of aromatic nitrogens is 1. The lowest BCUT2D eigenvalue weighted by molar-refractivity contribution is 0.0889. The van der Waals surface area contributed by atoms with Crippen LogP contribution in [0.5, 0.6) is 0 Å². The van der Waals surface area contributed by atoms with Gasteiger partial charge in [0, 0.05) is 23.1 Å². The van der Waals surface area contributed by atoms with Gasteiger partial charge in [-0.15, -0.1) is 0 Å². The van der Waals surface area contributed by atoms with E-state index >= 15 is 0 Å². The summed E-state index contributed by atoms with van der Waals surface area (Å²) in [6.07, 6.45) is 7.58. The smallest absolute Gasteiger partial charge is 0.165 e. The largest absolute Gasteiger partial charge is 0.294 e. The first-order chi connectivity index (χ1) is 8.84. The maximum Gasteiger partial charge on any atom is 0.165 e. The minimum atomic E-state index is 0.243. The summed E-state index contributed by atoms with van der Waals surface area (Å²) in [7, 11) is 0. The minimum Gasteiger partial charge on any atom is -0.294 e. The lowest BCUT2D eigenvalue weighted by Crippen LogP contribution is -2.17. The highest BCUT2D eigenvalue weighted by atomic mass is 16.1. The van der Waals surface area contributed by atoms with Crippen LogP contribution in [0, 0.1) is 5.92 Å². The van der Waals surface area contributed by atoms with Crippen molar-refractivity contribution in [1.29, 1.82) is 0 Å². The first-order valence-electron chi connectivity index (χ1n) is 6.73. The topological polar surface area (TPSA) is 30.0 Å². The lowest BCUT2D eigenvalue weighted by atomic mass is 9.84. The molecule has 0 unspecified atom stereocenters. The van der Waals surface area contributed by atoms with Crippen molar-refractivity contribution in [3.63, 3.8) is 0 Å². The predicted octanol–water partition coefficient (Wildman–Crippen LogP) is 4.00. The first kappa shape index (κ1) is 11.4.